The molecule has 10 heteroatoms. The number of amides is 1. The number of nitrogens with one attached hydrogen (secondary N) is 1. The Balaban J connectivity index is 1.78. The van der Waals surface area contributed by atoms with Gasteiger partial charge in [0.2, 0.25) is 5.88 Å². The van der Waals surface area contributed by atoms with Gasteiger partial charge in [0.05, 0.1) is 0 Å². The van der Waals surface area contributed by atoms with E-state index in [9.17, 15) is 18.0 Å². The van der Waals surface area contributed by atoms with E-state index in [-0.39, 0.29) is 22.8 Å². The Hall–Kier alpha value is -3.01. The predicted molar refractivity (Wildman–Crippen MR) is 85.3 cm³/mol. The van der Waals surface area contributed by atoms with E-state index in [0.717, 1.165) is 12.1 Å². The molecule has 1 aromatic carbocycles. The fourth-order valence-electron chi connectivity index (χ4n) is 2.05. The molecule has 0 radical (unpaired) electrons. The predicted octanol–water partition coefficient (Wildman–Crippen LogP) is 4.14. The third-order valence-electron chi connectivity index (χ3n) is 3.09. The summed E-state index contributed by atoms with van der Waals surface area (Å²) < 4.78 is 45.1. The molecule has 1 amide bonds. The average Bonchev–Trinajstić information content (AvgIpc) is 3.16. The minimum Gasteiger partial charge on any atom is -0.406 e. The lowest BCUT2D eigenvalue weighted by atomic mass is 10.1. The minimum atomic E-state index is -4.78. The van der Waals surface area contributed by atoms with Crippen LogP contribution in [-0.4, -0.2) is 17.4 Å². The van der Waals surface area contributed by atoms with E-state index in [4.69, 9.17) is 10.3 Å². The van der Waals surface area contributed by atoms with Gasteiger partial charge in [-0.2, -0.15) is 11.3 Å². The van der Waals surface area contributed by atoms with E-state index in [0.29, 0.717) is 5.56 Å². The first-order chi connectivity index (χ1) is 11.8. The lowest BCUT2D eigenvalue weighted by molar-refractivity contribution is -0.274. The van der Waals surface area contributed by atoms with Crippen molar-refractivity contribution in [2.24, 2.45) is 0 Å². The zero-order chi connectivity index (χ0) is 18.0. The summed E-state index contributed by atoms with van der Waals surface area (Å²) in [6, 6.07) is 6.46. The molecule has 0 aliphatic carbocycles. The second-order valence-electron chi connectivity index (χ2n) is 4.81. The highest BCUT2D eigenvalue weighted by Gasteiger charge is 2.31. The van der Waals surface area contributed by atoms with Crippen molar-refractivity contribution in [2.45, 2.75) is 6.36 Å². The molecule has 0 unspecified atom stereocenters. The van der Waals surface area contributed by atoms with Crippen LogP contribution in [-0.2, 0) is 0 Å². The molecule has 0 spiro atoms. The van der Waals surface area contributed by atoms with E-state index < -0.39 is 18.0 Å². The van der Waals surface area contributed by atoms with Crippen molar-refractivity contribution in [1.82, 2.24) is 5.16 Å². The maximum atomic E-state index is 12.4. The second-order valence-corrected chi connectivity index (χ2v) is 5.59. The van der Waals surface area contributed by atoms with Crippen molar-refractivity contribution in [3.63, 3.8) is 0 Å². The molecule has 0 saturated heterocycles. The van der Waals surface area contributed by atoms with Crippen LogP contribution >= 0.6 is 11.3 Å². The zero-order valence-electron chi connectivity index (χ0n) is 12.3. The highest BCUT2D eigenvalue weighted by Crippen LogP contribution is 2.30. The van der Waals surface area contributed by atoms with Gasteiger partial charge in [-0.25, -0.2) is 0 Å². The number of nitrogens with zero attached hydrogens (tertiary/aromatic N) is 1. The SMILES string of the molecule is Nc1onc(-c2ccsc2)c1C(=O)Nc1ccc(OC(F)(F)F)cc1. The molecule has 3 N–H and O–H groups in total. The first-order valence-corrected chi connectivity index (χ1v) is 7.72. The molecule has 6 nitrogen and oxygen atoms in total. The van der Waals surface area contributed by atoms with Gasteiger partial charge in [-0.3, -0.25) is 4.79 Å². The molecular formula is C15H10F3N3O3S. The number of nitrogens with two attached hydrogens (primary N) is 1. The van der Waals surface area contributed by atoms with E-state index in [2.05, 4.69) is 15.2 Å². The third kappa shape index (κ3) is 3.91. The Kier molecular flexibility index (Phi) is 4.36. The fraction of sp³-hybridized carbons (Fsp3) is 0.0667. The van der Waals surface area contributed by atoms with Crippen molar-refractivity contribution in [1.29, 1.82) is 0 Å². The van der Waals surface area contributed by atoms with Gasteiger partial charge < -0.3 is 20.3 Å². The highest BCUT2D eigenvalue weighted by atomic mass is 32.1. The van der Waals surface area contributed by atoms with Crippen LogP contribution in [0.25, 0.3) is 11.3 Å². The number of carbonyl (C=O) groups excluding carboxylic acids is 1. The molecule has 0 bridgehead atoms. The summed E-state index contributed by atoms with van der Waals surface area (Å²) in [5.74, 6) is -1.14. The number of alkyl halides is 3. The number of carbonyl (C=O) groups is 1. The Morgan fingerprint density at radius 3 is 2.56 bits per heavy atom. The van der Waals surface area contributed by atoms with Crippen molar-refractivity contribution in [3.8, 4) is 17.0 Å². The summed E-state index contributed by atoms with van der Waals surface area (Å²) in [7, 11) is 0. The first kappa shape index (κ1) is 16.8. The van der Waals surface area contributed by atoms with E-state index >= 15 is 0 Å². The number of ether oxygens (including phenoxy) is 1. The maximum Gasteiger partial charge on any atom is 0.573 e. The third-order valence-corrected chi connectivity index (χ3v) is 3.77. The molecule has 0 atom stereocenters. The standard InChI is InChI=1S/C15H10F3N3O3S/c16-15(17,18)23-10-3-1-9(2-4-10)20-14(22)11-12(21-24-13(11)19)8-5-6-25-7-8/h1-7H,19H2,(H,20,22). The molecule has 2 aromatic heterocycles. The first-order valence-electron chi connectivity index (χ1n) is 6.78. The molecule has 0 aliphatic rings. The Labute approximate surface area is 143 Å². The van der Waals surface area contributed by atoms with Gasteiger partial charge in [-0.05, 0) is 35.7 Å². The van der Waals surface area contributed by atoms with Gasteiger partial charge in [-0.1, -0.05) is 5.16 Å². The minimum absolute atomic E-state index is 0.0500. The van der Waals surface area contributed by atoms with Crippen molar-refractivity contribution in [2.75, 3.05) is 11.1 Å². The molecule has 2 heterocycles. The normalized spacial score (nSPS) is 11.3. The van der Waals surface area contributed by atoms with Crippen LogP contribution in [0.5, 0.6) is 5.75 Å². The van der Waals surface area contributed by atoms with Crippen molar-refractivity contribution >= 4 is 28.8 Å². The Bertz CT molecular complexity index is 874. The lowest BCUT2D eigenvalue weighted by Gasteiger charge is -2.10. The summed E-state index contributed by atoms with van der Waals surface area (Å²) in [4.78, 5) is 12.4. The molecule has 3 rings (SSSR count). The van der Waals surface area contributed by atoms with Crippen LogP contribution in [0.1, 0.15) is 10.4 Å². The van der Waals surface area contributed by atoms with Gasteiger partial charge in [0.1, 0.15) is 17.0 Å². The monoisotopic (exact) mass is 369 g/mol. The van der Waals surface area contributed by atoms with E-state index in [1.54, 1.807) is 16.8 Å². The van der Waals surface area contributed by atoms with Crippen LogP contribution in [0.2, 0.25) is 0 Å². The van der Waals surface area contributed by atoms with Gasteiger partial charge in [0.15, 0.2) is 0 Å². The number of hydrogen-bond acceptors (Lipinski definition) is 6. The molecule has 0 saturated carbocycles. The second kappa shape index (κ2) is 6.48. The van der Waals surface area contributed by atoms with Crippen LogP contribution in [0.15, 0.2) is 45.6 Å². The topological polar surface area (TPSA) is 90.4 Å². The zero-order valence-corrected chi connectivity index (χ0v) is 13.1. The summed E-state index contributed by atoms with van der Waals surface area (Å²) >= 11 is 1.41. The number of aromatic nitrogens is 1. The molecule has 0 fully saturated rings. The summed E-state index contributed by atoms with van der Waals surface area (Å²) in [5.41, 5.74) is 6.93. The van der Waals surface area contributed by atoms with Crippen LogP contribution in [0.3, 0.4) is 0 Å². The molecule has 0 aliphatic heterocycles. The highest BCUT2D eigenvalue weighted by molar-refractivity contribution is 7.08. The summed E-state index contributed by atoms with van der Waals surface area (Å²) in [6.07, 6.45) is -4.78. The Morgan fingerprint density at radius 1 is 1.24 bits per heavy atom. The largest absolute Gasteiger partial charge is 0.573 e. The number of anilines is 2. The number of nitrogen functional groups attached to an aromatic ring is 1. The van der Waals surface area contributed by atoms with E-state index in [1.807, 2.05) is 0 Å². The van der Waals surface area contributed by atoms with E-state index in [1.165, 1.54) is 23.5 Å². The molecule has 3 aromatic rings. The van der Waals surface area contributed by atoms with Crippen molar-refractivity contribution < 1.29 is 27.2 Å². The smallest absolute Gasteiger partial charge is 0.406 e. The maximum absolute atomic E-state index is 12.4. The number of hydrogen-bond donors (Lipinski definition) is 2. The van der Waals surface area contributed by atoms with Crippen LogP contribution in [0.4, 0.5) is 24.7 Å². The van der Waals surface area contributed by atoms with Gasteiger partial charge in [0, 0.05) is 16.6 Å². The number of benzene rings is 1. The number of rotatable bonds is 4. The average molecular weight is 369 g/mol. The fourth-order valence-corrected chi connectivity index (χ4v) is 2.69. The summed E-state index contributed by atoms with van der Waals surface area (Å²) in [5, 5.41) is 9.88. The van der Waals surface area contributed by atoms with Crippen LogP contribution in [0, 0.1) is 0 Å². The van der Waals surface area contributed by atoms with Crippen molar-refractivity contribution in [3.05, 3.63) is 46.7 Å². The van der Waals surface area contributed by atoms with Gasteiger partial charge >= 0.3 is 6.36 Å². The molecule has 130 valence electrons. The number of thiophene rings is 1. The quantitative estimate of drug-likeness (QED) is 0.721. The van der Waals surface area contributed by atoms with Gasteiger partial charge in [-0.15, -0.1) is 13.2 Å². The summed E-state index contributed by atoms with van der Waals surface area (Å²) in [6.45, 7) is 0. The molecule has 25 heavy (non-hydrogen) atoms. The lowest BCUT2D eigenvalue weighted by Crippen LogP contribution is -2.17. The Morgan fingerprint density at radius 2 is 1.96 bits per heavy atom. The molecular weight excluding hydrogens is 359 g/mol. The number of halogens is 3. The van der Waals surface area contributed by atoms with Gasteiger partial charge in [0.25, 0.3) is 5.91 Å². The van der Waals surface area contributed by atoms with Crippen LogP contribution < -0.4 is 15.8 Å².